The summed E-state index contributed by atoms with van der Waals surface area (Å²) in [6.07, 6.45) is 49.7. The second-order valence-corrected chi connectivity index (χ2v) is 15.6. The molecule has 11 nitrogen and oxygen atoms in total. The van der Waals surface area contributed by atoms with Crippen LogP contribution in [0.4, 0.5) is 0 Å². The lowest BCUT2D eigenvalue weighted by Crippen LogP contribution is -2.30. The largest absolute Gasteiger partial charge is 0.472 e. The highest BCUT2D eigenvalue weighted by Crippen LogP contribution is 2.43. The fourth-order valence-corrected chi connectivity index (χ4v) is 5.91. The van der Waals surface area contributed by atoms with Gasteiger partial charge in [-0.25, -0.2) is 4.57 Å². The number of allylic oxidation sites excluding steroid dienone is 17. The van der Waals surface area contributed by atoms with Gasteiger partial charge in [0.25, 0.3) is 0 Å². The number of carbonyl (C=O) groups excluding carboxylic acids is 2. The normalized spacial score (nSPS) is 15.4. The van der Waals surface area contributed by atoms with Crippen molar-refractivity contribution in [3.8, 4) is 0 Å². The Morgan fingerprint density at radius 3 is 1.68 bits per heavy atom. The fourth-order valence-electron chi connectivity index (χ4n) is 5.12. The molecule has 340 valence electrons. The van der Waals surface area contributed by atoms with Crippen molar-refractivity contribution in [2.24, 2.45) is 0 Å². The summed E-state index contributed by atoms with van der Waals surface area (Å²) >= 11 is 0. The van der Waals surface area contributed by atoms with Gasteiger partial charge in [-0.05, 0) is 77.0 Å². The van der Waals surface area contributed by atoms with Gasteiger partial charge in [-0.3, -0.25) is 18.6 Å². The van der Waals surface area contributed by atoms with E-state index < -0.39 is 64.5 Å². The summed E-state index contributed by atoms with van der Waals surface area (Å²) in [4.78, 5) is 35.0. The lowest BCUT2D eigenvalue weighted by Gasteiger charge is -2.20. The third-order valence-electron chi connectivity index (χ3n) is 8.53. The smallest absolute Gasteiger partial charge is 0.462 e. The molecule has 0 radical (unpaired) electrons. The molecule has 2 unspecified atom stereocenters. The van der Waals surface area contributed by atoms with Crippen LogP contribution in [0.5, 0.6) is 0 Å². The minimum atomic E-state index is -4.70. The molecule has 0 saturated heterocycles. The van der Waals surface area contributed by atoms with E-state index in [0.717, 1.165) is 51.4 Å². The van der Waals surface area contributed by atoms with Crippen LogP contribution in [0.2, 0.25) is 0 Å². The summed E-state index contributed by atoms with van der Waals surface area (Å²) < 4.78 is 32.5. The predicted molar refractivity (Wildman–Crippen MR) is 243 cm³/mol. The Kier molecular flexibility index (Phi) is 39.9. The number of unbranched alkanes of at least 4 members (excludes halogenated alkanes) is 7. The maximum atomic E-state index is 12.6. The van der Waals surface area contributed by atoms with Crippen LogP contribution in [-0.2, 0) is 32.7 Å². The van der Waals surface area contributed by atoms with E-state index in [2.05, 4.69) is 91.3 Å². The minimum absolute atomic E-state index is 0.0560. The molecule has 0 amide bonds. The number of ether oxygens (including phenoxy) is 2. The molecule has 0 aliphatic carbocycles. The van der Waals surface area contributed by atoms with Gasteiger partial charge in [0.05, 0.1) is 25.9 Å². The van der Waals surface area contributed by atoms with Crippen molar-refractivity contribution in [2.45, 2.75) is 154 Å². The quantitative estimate of drug-likeness (QED) is 0.0153. The van der Waals surface area contributed by atoms with E-state index in [9.17, 15) is 29.3 Å². The molecule has 0 rings (SSSR count). The average molecular weight is 861 g/mol. The second kappa shape index (κ2) is 42.3. The third kappa shape index (κ3) is 41.3. The van der Waals surface area contributed by atoms with E-state index in [1.54, 1.807) is 12.2 Å². The maximum Gasteiger partial charge on any atom is 0.472 e. The van der Waals surface area contributed by atoms with E-state index in [1.807, 2.05) is 24.3 Å². The molecule has 0 aromatic carbocycles. The van der Waals surface area contributed by atoms with E-state index in [-0.39, 0.29) is 19.3 Å². The van der Waals surface area contributed by atoms with Crippen molar-refractivity contribution >= 4 is 19.8 Å². The van der Waals surface area contributed by atoms with Crippen LogP contribution in [0.15, 0.2) is 109 Å². The summed E-state index contributed by atoms with van der Waals surface area (Å²) in [7, 11) is -4.70. The number of carbonyl (C=O) groups is 2. The van der Waals surface area contributed by atoms with E-state index in [1.165, 1.54) is 38.5 Å². The number of phosphoric ester groups is 1. The standard InChI is InChI=1S/C48H77O11P/c1-3-5-7-9-11-13-15-17-19-21-23-25-27-29-31-33-35-37-48(53)59-46(43-58-60(54,55)57-41-45(51)40-49)42-56-47(52)39-38-44(50)36-34-32-30-28-26-24-22-20-18-16-14-12-10-8-6-4-2/h6,8,12,14,17-20,23-26,29-32,34,36,44-46,49-51H,3-5,7,9-11,13,15-16,21-22,27-28,33,35,37-43H2,1-2H3,(H,54,55)/b8-6-,14-12-,19-17-,20-18-,25-23-,26-24-,31-29-,32-30-,36-34-/t44?,45-,46+/m0/s1. The Hall–Kier alpha value is -3.41. The van der Waals surface area contributed by atoms with Crippen molar-refractivity contribution in [1.82, 2.24) is 0 Å². The van der Waals surface area contributed by atoms with Crippen LogP contribution in [0.25, 0.3) is 0 Å². The van der Waals surface area contributed by atoms with Gasteiger partial charge in [-0.1, -0.05) is 155 Å². The number of aliphatic hydroxyl groups is 3. The summed E-state index contributed by atoms with van der Waals surface area (Å²) in [5, 5.41) is 28.6. The van der Waals surface area contributed by atoms with Crippen molar-refractivity contribution < 1.29 is 52.9 Å². The average Bonchev–Trinajstić information content (AvgIpc) is 3.23. The first-order valence-corrected chi connectivity index (χ1v) is 23.4. The summed E-state index contributed by atoms with van der Waals surface area (Å²) in [6.45, 7) is 1.90. The zero-order valence-corrected chi connectivity index (χ0v) is 37.4. The first-order valence-electron chi connectivity index (χ1n) is 22.0. The minimum Gasteiger partial charge on any atom is -0.462 e. The molecule has 0 aromatic rings. The molecule has 0 fully saturated rings. The Morgan fingerprint density at radius 2 is 1.10 bits per heavy atom. The van der Waals surface area contributed by atoms with Gasteiger partial charge in [0.15, 0.2) is 6.10 Å². The molecule has 4 N–H and O–H groups in total. The summed E-state index contributed by atoms with van der Waals surface area (Å²) in [5.41, 5.74) is 0. The zero-order valence-electron chi connectivity index (χ0n) is 36.5. The predicted octanol–water partition coefficient (Wildman–Crippen LogP) is 10.7. The molecule has 4 atom stereocenters. The lowest BCUT2D eigenvalue weighted by atomic mass is 10.1. The molecule has 0 bridgehead atoms. The van der Waals surface area contributed by atoms with Crippen LogP contribution in [-0.4, -0.2) is 76.9 Å². The highest BCUT2D eigenvalue weighted by molar-refractivity contribution is 7.47. The Labute approximate surface area is 361 Å². The number of rotatable bonds is 39. The highest BCUT2D eigenvalue weighted by Gasteiger charge is 2.27. The van der Waals surface area contributed by atoms with E-state index in [4.69, 9.17) is 19.1 Å². The molecule has 60 heavy (non-hydrogen) atoms. The zero-order chi connectivity index (χ0) is 44.2. The molecule has 0 aromatic heterocycles. The molecule has 0 saturated carbocycles. The number of esters is 2. The van der Waals surface area contributed by atoms with Crippen LogP contribution in [0.3, 0.4) is 0 Å². The van der Waals surface area contributed by atoms with Gasteiger partial charge < -0.3 is 29.7 Å². The number of hydrogen-bond acceptors (Lipinski definition) is 10. The Balaban J connectivity index is 4.63. The molecule has 0 aliphatic heterocycles. The molecule has 0 spiro atoms. The fraction of sp³-hybridized carbons (Fsp3) is 0.583. The maximum absolute atomic E-state index is 12.6. The van der Waals surface area contributed by atoms with Gasteiger partial charge in [0.2, 0.25) is 0 Å². The van der Waals surface area contributed by atoms with Crippen LogP contribution >= 0.6 is 7.82 Å². The van der Waals surface area contributed by atoms with Gasteiger partial charge in [0.1, 0.15) is 12.7 Å². The van der Waals surface area contributed by atoms with Crippen molar-refractivity contribution in [1.29, 1.82) is 0 Å². The van der Waals surface area contributed by atoms with Crippen molar-refractivity contribution in [3.63, 3.8) is 0 Å². The topological polar surface area (TPSA) is 169 Å². The van der Waals surface area contributed by atoms with Gasteiger partial charge in [0, 0.05) is 12.8 Å². The molecular formula is C48H77O11P. The number of phosphoric acid groups is 1. The van der Waals surface area contributed by atoms with Crippen molar-refractivity contribution in [3.05, 3.63) is 109 Å². The van der Waals surface area contributed by atoms with Crippen molar-refractivity contribution in [2.75, 3.05) is 26.4 Å². The lowest BCUT2D eigenvalue weighted by molar-refractivity contribution is -0.161. The Morgan fingerprint density at radius 1 is 0.583 bits per heavy atom. The number of hydrogen-bond donors (Lipinski definition) is 4. The SMILES string of the molecule is CC/C=C\C/C=C\C/C=C\C/C=C\C/C=C\C=C/C(O)CCC(=O)OC[C@H](COP(=O)(O)OC[C@@H](O)CO)OC(=O)CCC/C=C\C/C=C\C/C=C\CCCCCCCC. The first kappa shape index (κ1) is 56.6. The first-order chi connectivity index (χ1) is 29.1. The van der Waals surface area contributed by atoms with E-state index in [0.29, 0.717) is 12.8 Å². The summed E-state index contributed by atoms with van der Waals surface area (Å²) in [5.74, 6) is -1.28. The Bertz CT molecular complexity index is 1380. The number of aliphatic hydroxyl groups excluding tert-OH is 3. The second-order valence-electron chi connectivity index (χ2n) is 14.2. The van der Waals surface area contributed by atoms with Gasteiger partial charge >= 0.3 is 19.8 Å². The monoisotopic (exact) mass is 861 g/mol. The molecule has 0 heterocycles. The van der Waals surface area contributed by atoms with Gasteiger partial charge in [-0.2, -0.15) is 0 Å². The van der Waals surface area contributed by atoms with Crippen LogP contribution in [0, 0.1) is 0 Å². The third-order valence-corrected chi connectivity index (χ3v) is 9.48. The van der Waals surface area contributed by atoms with Crippen LogP contribution < -0.4 is 0 Å². The molecule has 0 aliphatic rings. The highest BCUT2D eigenvalue weighted by atomic mass is 31.2. The summed E-state index contributed by atoms with van der Waals surface area (Å²) in [6, 6.07) is 0. The molecular weight excluding hydrogens is 783 g/mol. The van der Waals surface area contributed by atoms with Gasteiger partial charge in [-0.15, -0.1) is 0 Å². The molecule has 12 heteroatoms. The van der Waals surface area contributed by atoms with Crippen LogP contribution in [0.1, 0.15) is 136 Å². The van der Waals surface area contributed by atoms with E-state index >= 15 is 0 Å².